The molecule has 0 nitrogen and oxygen atoms in total. The molecule has 1 atom stereocenters. The van der Waals surface area contributed by atoms with Gasteiger partial charge in [-0.2, -0.15) is 0 Å². The first kappa shape index (κ1) is 34.2. The number of hydrogen-bond donors (Lipinski definition) is 0. The lowest BCUT2D eigenvalue weighted by molar-refractivity contribution is 0.795. The van der Waals surface area contributed by atoms with Gasteiger partial charge in [0.1, 0.15) is 0 Å². The molecule has 1 heteroatoms. The highest BCUT2D eigenvalue weighted by Gasteiger charge is 2.52. The van der Waals surface area contributed by atoms with Crippen LogP contribution in [0.3, 0.4) is 0 Å². The van der Waals surface area contributed by atoms with Crippen LogP contribution in [0.5, 0.6) is 0 Å². The molecule has 11 aromatic carbocycles. The quantitative estimate of drug-likeness (QED) is 0.156. The molecule has 286 valence electrons. The largest absolute Gasteiger partial charge is 0.135 e. The molecule has 0 saturated heterocycles. The summed E-state index contributed by atoms with van der Waals surface area (Å²) in [5, 5.41) is 10.5. The van der Waals surface area contributed by atoms with E-state index in [0.717, 1.165) is 0 Å². The molecule has 0 fully saturated rings. The SMILES string of the molecule is c1ccc(-c2ccc(-c3ccc4c(c3)C3(c5cc(-c6ccc7c8ccccc8c8ccccc8c7c6)ccc5-4)c4ccccc4-c4c3ccc3c4sc4ccccc43)cc2)cc1. The predicted octanol–water partition coefficient (Wildman–Crippen LogP) is 16.9. The van der Waals surface area contributed by atoms with E-state index in [1.54, 1.807) is 0 Å². The van der Waals surface area contributed by atoms with Gasteiger partial charge < -0.3 is 0 Å². The molecule has 12 aromatic rings. The van der Waals surface area contributed by atoms with E-state index in [2.05, 4.69) is 218 Å². The van der Waals surface area contributed by atoms with Gasteiger partial charge >= 0.3 is 0 Å². The van der Waals surface area contributed by atoms with Crippen LogP contribution in [0.2, 0.25) is 0 Å². The summed E-state index contributed by atoms with van der Waals surface area (Å²) in [4.78, 5) is 0. The van der Waals surface area contributed by atoms with Gasteiger partial charge in [-0.3, -0.25) is 0 Å². The molecule has 0 N–H and O–H groups in total. The molecule has 2 aliphatic rings. The second-order valence-corrected chi connectivity index (χ2v) is 18.1. The molecule has 2 aliphatic carbocycles. The highest BCUT2D eigenvalue weighted by Crippen LogP contribution is 2.65. The van der Waals surface area contributed by atoms with Crippen molar-refractivity contribution in [2.24, 2.45) is 0 Å². The third kappa shape index (κ3) is 4.56. The maximum atomic E-state index is 2.54. The van der Waals surface area contributed by atoms with Crippen molar-refractivity contribution in [1.82, 2.24) is 0 Å². The normalized spacial score (nSPS) is 14.8. The van der Waals surface area contributed by atoms with Gasteiger partial charge in [0.25, 0.3) is 0 Å². The van der Waals surface area contributed by atoms with E-state index in [9.17, 15) is 0 Å². The smallest absolute Gasteiger partial charge is 0.0726 e. The number of hydrogen-bond acceptors (Lipinski definition) is 1. The minimum Gasteiger partial charge on any atom is -0.135 e. The molecule has 0 amide bonds. The van der Waals surface area contributed by atoms with Crippen LogP contribution in [0.25, 0.3) is 108 Å². The van der Waals surface area contributed by atoms with Gasteiger partial charge in [-0.25, -0.2) is 0 Å². The minimum absolute atomic E-state index is 0.503. The van der Waals surface area contributed by atoms with E-state index < -0.39 is 5.41 Å². The Labute approximate surface area is 363 Å². The lowest BCUT2D eigenvalue weighted by Crippen LogP contribution is -2.26. The fourth-order valence-electron chi connectivity index (χ4n) is 11.4. The Balaban J connectivity index is 1.03. The lowest BCUT2D eigenvalue weighted by Gasteiger charge is -2.31. The minimum atomic E-state index is -0.503. The molecular formula is C61H36S. The van der Waals surface area contributed by atoms with Crippen molar-refractivity contribution < 1.29 is 0 Å². The van der Waals surface area contributed by atoms with Crippen LogP contribution in [0.1, 0.15) is 22.3 Å². The monoisotopic (exact) mass is 800 g/mol. The highest BCUT2D eigenvalue weighted by atomic mass is 32.1. The van der Waals surface area contributed by atoms with Crippen molar-refractivity contribution >= 4 is 63.8 Å². The lowest BCUT2D eigenvalue weighted by atomic mass is 9.70. The van der Waals surface area contributed by atoms with Gasteiger partial charge in [0.05, 0.1) is 5.41 Å². The Kier molecular flexibility index (Phi) is 7.01. The van der Waals surface area contributed by atoms with Crippen LogP contribution in [0, 0.1) is 0 Å². The van der Waals surface area contributed by atoms with E-state index >= 15 is 0 Å². The summed E-state index contributed by atoms with van der Waals surface area (Å²) in [7, 11) is 0. The van der Waals surface area contributed by atoms with Gasteiger partial charge in [0.15, 0.2) is 0 Å². The van der Waals surface area contributed by atoms with Gasteiger partial charge in [-0.1, -0.05) is 194 Å². The van der Waals surface area contributed by atoms with E-state index in [1.165, 1.54) is 130 Å². The first-order chi connectivity index (χ1) is 30.7. The Hall–Kier alpha value is -7.58. The Morgan fingerprint density at radius 2 is 0.726 bits per heavy atom. The maximum absolute atomic E-state index is 2.54. The zero-order valence-corrected chi connectivity index (χ0v) is 34.5. The molecular weight excluding hydrogens is 765 g/mol. The average Bonchev–Trinajstić information content (AvgIpc) is 3.98. The van der Waals surface area contributed by atoms with Crippen LogP contribution in [-0.2, 0) is 5.41 Å². The van der Waals surface area contributed by atoms with Crippen molar-refractivity contribution in [2.45, 2.75) is 5.41 Å². The topological polar surface area (TPSA) is 0 Å². The zero-order chi connectivity index (χ0) is 40.5. The Bertz CT molecular complexity index is 3810. The second-order valence-electron chi connectivity index (χ2n) is 17.1. The summed E-state index contributed by atoms with van der Waals surface area (Å²) in [6.45, 7) is 0. The predicted molar refractivity (Wildman–Crippen MR) is 264 cm³/mol. The standard InChI is InChI=1S/C61H36S/c1-2-12-37(13-3-1)38-22-24-39(25-23-38)41-27-30-48-49-31-28-42(40-26-29-47-45-16-5-4-14-43(45)44-15-6-7-17-46(44)53(47)34-40)36-57(49)61(56(48)35-41)54-20-10-8-19-52(54)59-55(61)33-32-51-50-18-9-11-21-58(50)62-60(51)59/h1-36H. The summed E-state index contributed by atoms with van der Waals surface area (Å²) < 4.78 is 2.71. The molecule has 0 aliphatic heterocycles. The van der Waals surface area contributed by atoms with Crippen molar-refractivity contribution in [1.29, 1.82) is 0 Å². The molecule has 0 saturated carbocycles. The average molecular weight is 801 g/mol. The number of fused-ring (bicyclic) bond motifs is 20. The summed E-state index contributed by atoms with van der Waals surface area (Å²) in [6, 6.07) is 82.3. The molecule has 1 spiro atoms. The number of benzene rings is 11. The first-order valence-electron chi connectivity index (χ1n) is 21.6. The third-order valence-electron chi connectivity index (χ3n) is 14.1. The number of rotatable bonds is 3. The Morgan fingerprint density at radius 3 is 1.42 bits per heavy atom. The van der Waals surface area contributed by atoms with Gasteiger partial charge in [-0.15, -0.1) is 11.3 Å². The zero-order valence-electron chi connectivity index (χ0n) is 33.7. The van der Waals surface area contributed by atoms with E-state index in [-0.39, 0.29) is 0 Å². The summed E-state index contributed by atoms with van der Waals surface area (Å²) >= 11 is 1.94. The fraction of sp³-hybridized carbons (Fsp3) is 0.0164. The molecule has 1 aromatic heterocycles. The van der Waals surface area contributed by atoms with Crippen LogP contribution in [0.4, 0.5) is 0 Å². The van der Waals surface area contributed by atoms with Crippen molar-refractivity contribution in [3.8, 4) is 55.6 Å². The number of thiophene rings is 1. The van der Waals surface area contributed by atoms with Crippen LogP contribution < -0.4 is 0 Å². The molecule has 1 unspecified atom stereocenters. The van der Waals surface area contributed by atoms with Gasteiger partial charge in [0, 0.05) is 25.7 Å². The van der Waals surface area contributed by atoms with E-state index in [4.69, 9.17) is 0 Å². The highest BCUT2D eigenvalue weighted by molar-refractivity contribution is 7.26. The molecule has 1 heterocycles. The molecule has 14 rings (SSSR count). The van der Waals surface area contributed by atoms with E-state index in [0.29, 0.717) is 0 Å². The second kappa shape index (κ2) is 12.7. The Morgan fingerprint density at radius 1 is 0.258 bits per heavy atom. The van der Waals surface area contributed by atoms with Gasteiger partial charge in [0.2, 0.25) is 0 Å². The molecule has 0 radical (unpaired) electrons. The summed E-state index contributed by atoms with van der Waals surface area (Å²) in [5.41, 5.74) is 17.7. The van der Waals surface area contributed by atoms with Crippen LogP contribution >= 0.6 is 11.3 Å². The summed E-state index contributed by atoms with van der Waals surface area (Å²) in [6.07, 6.45) is 0. The fourth-order valence-corrected chi connectivity index (χ4v) is 12.6. The molecule has 62 heavy (non-hydrogen) atoms. The van der Waals surface area contributed by atoms with Crippen molar-refractivity contribution in [3.63, 3.8) is 0 Å². The van der Waals surface area contributed by atoms with Crippen LogP contribution in [0.15, 0.2) is 218 Å². The summed E-state index contributed by atoms with van der Waals surface area (Å²) in [5.74, 6) is 0. The first-order valence-corrected chi connectivity index (χ1v) is 22.4. The van der Waals surface area contributed by atoms with Crippen molar-refractivity contribution in [3.05, 3.63) is 241 Å². The third-order valence-corrected chi connectivity index (χ3v) is 15.3. The van der Waals surface area contributed by atoms with Gasteiger partial charge in [-0.05, 0) is 129 Å². The van der Waals surface area contributed by atoms with E-state index in [1.807, 2.05) is 11.3 Å². The van der Waals surface area contributed by atoms with Crippen LogP contribution in [-0.4, -0.2) is 0 Å². The molecule has 0 bridgehead atoms. The maximum Gasteiger partial charge on any atom is 0.0726 e. The van der Waals surface area contributed by atoms with Crippen molar-refractivity contribution in [2.75, 3.05) is 0 Å².